The van der Waals surface area contributed by atoms with E-state index in [0.717, 1.165) is 6.42 Å². The number of amides is 1. The molecule has 0 aliphatic heterocycles. The molecule has 7 heteroatoms. The molecule has 0 bridgehead atoms. The maximum Gasteiger partial charge on any atom is 0.257 e. The van der Waals surface area contributed by atoms with Crippen molar-refractivity contribution in [2.45, 2.75) is 20.3 Å². The number of hydrogen-bond donors (Lipinski definition) is 3. The molecular formula is C19H21BrN2O3S. The van der Waals surface area contributed by atoms with E-state index >= 15 is 0 Å². The number of anilines is 1. The van der Waals surface area contributed by atoms with E-state index in [-0.39, 0.29) is 16.8 Å². The molecule has 0 spiro atoms. The van der Waals surface area contributed by atoms with E-state index < -0.39 is 0 Å². The molecule has 0 atom stereocenters. The number of rotatable bonds is 6. The summed E-state index contributed by atoms with van der Waals surface area (Å²) in [6, 6.07) is 11.6. The molecule has 0 fully saturated rings. The second-order valence-corrected chi connectivity index (χ2v) is 7.40. The molecule has 0 aromatic heterocycles. The number of phenolic OH excluding ortho intramolecular Hbond substituents is 1. The maximum absolute atomic E-state index is 12.3. The van der Waals surface area contributed by atoms with Gasteiger partial charge in [0, 0.05) is 17.3 Å². The van der Waals surface area contributed by atoms with Crippen LogP contribution in [0.4, 0.5) is 5.69 Å². The molecule has 0 saturated carbocycles. The van der Waals surface area contributed by atoms with Crippen molar-refractivity contribution in [2.24, 2.45) is 5.92 Å². The van der Waals surface area contributed by atoms with Gasteiger partial charge in [0.2, 0.25) is 0 Å². The average Bonchev–Trinajstić information content (AvgIpc) is 2.55. The topological polar surface area (TPSA) is 70.6 Å². The maximum atomic E-state index is 12.3. The van der Waals surface area contributed by atoms with E-state index in [4.69, 9.17) is 17.0 Å². The van der Waals surface area contributed by atoms with E-state index in [1.54, 1.807) is 36.4 Å². The molecular weight excluding hydrogens is 416 g/mol. The first-order valence-corrected chi connectivity index (χ1v) is 9.39. The van der Waals surface area contributed by atoms with Gasteiger partial charge in [0.1, 0.15) is 11.5 Å². The Hall–Kier alpha value is -2.12. The summed E-state index contributed by atoms with van der Waals surface area (Å²) >= 11 is 8.56. The highest BCUT2D eigenvalue weighted by molar-refractivity contribution is 9.10. The third-order valence-electron chi connectivity index (χ3n) is 3.48. The fourth-order valence-electron chi connectivity index (χ4n) is 2.09. The van der Waals surface area contributed by atoms with Gasteiger partial charge < -0.3 is 15.2 Å². The highest BCUT2D eigenvalue weighted by Gasteiger charge is 2.11. The van der Waals surface area contributed by atoms with Crippen molar-refractivity contribution in [3.05, 3.63) is 52.5 Å². The fourth-order valence-corrected chi connectivity index (χ4v) is 2.79. The van der Waals surface area contributed by atoms with Gasteiger partial charge in [-0.1, -0.05) is 19.9 Å². The monoisotopic (exact) mass is 436 g/mol. The highest BCUT2D eigenvalue weighted by Crippen LogP contribution is 2.26. The van der Waals surface area contributed by atoms with Crippen molar-refractivity contribution < 1.29 is 14.6 Å². The van der Waals surface area contributed by atoms with Crippen LogP contribution >= 0.6 is 28.1 Å². The van der Waals surface area contributed by atoms with Crippen LogP contribution in [0.3, 0.4) is 0 Å². The summed E-state index contributed by atoms with van der Waals surface area (Å²) in [4.78, 5) is 12.3. The van der Waals surface area contributed by atoms with Crippen molar-refractivity contribution in [1.29, 1.82) is 0 Å². The third-order valence-corrected chi connectivity index (χ3v) is 4.30. The van der Waals surface area contributed by atoms with Gasteiger partial charge in [-0.05, 0) is 70.8 Å². The van der Waals surface area contributed by atoms with Gasteiger partial charge in [0.05, 0.1) is 11.1 Å². The van der Waals surface area contributed by atoms with Crippen molar-refractivity contribution in [3.8, 4) is 11.5 Å². The molecule has 0 aliphatic rings. The number of benzene rings is 2. The Balaban J connectivity index is 1.94. The zero-order valence-electron chi connectivity index (χ0n) is 14.6. The molecule has 0 radical (unpaired) electrons. The molecule has 5 nitrogen and oxygen atoms in total. The summed E-state index contributed by atoms with van der Waals surface area (Å²) in [7, 11) is 0. The van der Waals surface area contributed by atoms with E-state index in [2.05, 4.69) is 40.4 Å². The van der Waals surface area contributed by atoms with Gasteiger partial charge in [-0.15, -0.1) is 0 Å². The number of ether oxygens (including phenoxy) is 1. The van der Waals surface area contributed by atoms with Gasteiger partial charge >= 0.3 is 0 Å². The van der Waals surface area contributed by atoms with E-state index in [9.17, 15) is 9.90 Å². The molecule has 2 aromatic rings. The fraction of sp³-hybridized carbons (Fsp3) is 0.263. The number of halogens is 1. The van der Waals surface area contributed by atoms with Crippen LogP contribution in [0.25, 0.3) is 0 Å². The van der Waals surface area contributed by atoms with Crippen LogP contribution in [0.1, 0.15) is 30.6 Å². The molecule has 2 aromatic carbocycles. The zero-order valence-corrected chi connectivity index (χ0v) is 17.0. The second kappa shape index (κ2) is 9.54. The van der Waals surface area contributed by atoms with Gasteiger partial charge in [0.25, 0.3) is 5.91 Å². The van der Waals surface area contributed by atoms with Crippen LogP contribution in [0.15, 0.2) is 46.9 Å². The number of carbonyl (C=O) groups is 1. The lowest BCUT2D eigenvalue weighted by Crippen LogP contribution is -2.34. The summed E-state index contributed by atoms with van der Waals surface area (Å²) in [6.07, 6.45) is 0.962. The highest BCUT2D eigenvalue weighted by atomic mass is 79.9. The van der Waals surface area contributed by atoms with Crippen molar-refractivity contribution in [3.63, 3.8) is 0 Å². The molecule has 2 rings (SSSR count). The van der Waals surface area contributed by atoms with E-state index in [1.165, 1.54) is 6.07 Å². The van der Waals surface area contributed by atoms with Gasteiger partial charge in [-0.2, -0.15) is 0 Å². The number of phenols is 1. The first kappa shape index (κ1) is 20.2. The van der Waals surface area contributed by atoms with Crippen molar-refractivity contribution in [1.82, 2.24) is 5.32 Å². The van der Waals surface area contributed by atoms with E-state index in [1.807, 2.05) is 0 Å². The summed E-state index contributed by atoms with van der Waals surface area (Å²) in [6.45, 7) is 4.90. The van der Waals surface area contributed by atoms with Crippen LogP contribution in [0.5, 0.6) is 11.5 Å². The minimum Gasteiger partial charge on any atom is -0.508 e. The summed E-state index contributed by atoms with van der Waals surface area (Å²) in [5, 5.41) is 15.1. The van der Waals surface area contributed by atoms with Gasteiger partial charge in [-0.3, -0.25) is 10.1 Å². The number of carbonyl (C=O) groups excluding carboxylic acids is 1. The summed E-state index contributed by atoms with van der Waals surface area (Å²) in [5.41, 5.74) is 1.04. The Labute approximate surface area is 166 Å². The minimum absolute atomic E-state index is 0.112. The van der Waals surface area contributed by atoms with Crippen LogP contribution in [0, 0.1) is 5.92 Å². The predicted octanol–water partition coefficient (Wildman–Crippen LogP) is 4.71. The molecule has 0 aliphatic carbocycles. The lowest BCUT2D eigenvalue weighted by Gasteiger charge is -2.12. The Kier molecular flexibility index (Phi) is 7.41. The van der Waals surface area contributed by atoms with Crippen molar-refractivity contribution in [2.75, 3.05) is 11.9 Å². The Morgan fingerprint density at radius 1 is 1.27 bits per heavy atom. The molecule has 138 valence electrons. The summed E-state index contributed by atoms with van der Waals surface area (Å²) < 4.78 is 6.42. The first-order valence-electron chi connectivity index (χ1n) is 8.19. The largest absolute Gasteiger partial charge is 0.508 e. The minimum atomic E-state index is -0.336. The number of aromatic hydroxyl groups is 1. The lowest BCUT2D eigenvalue weighted by atomic mass is 10.1. The Morgan fingerprint density at radius 3 is 2.69 bits per heavy atom. The second-order valence-electron chi connectivity index (χ2n) is 6.13. The molecule has 3 N–H and O–H groups in total. The van der Waals surface area contributed by atoms with Gasteiger partial charge in [-0.25, -0.2) is 0 Å². The summed E-state index contributed by atoms with van der Waals surface area (Å²) in [5.74, 6) is 1.04. The van der Waals surface area contributed by atoms with Crippen LogP contribution in [0.2, 0.25) is 0 Å². The van der Waals surface area contributed by atoms with E-state index in [0.29, 0.717) is 34.0 Å². The standard InChI is InChI=1S/C19H21BrN2O3S/c1-12(2)8-9-25-17-7-6-13(10-16(17)20)18(24)22-19(26)21-14-4-3-5-15(23)11-14/h3-7,10-12,23H,8-9H2,1-2H3,(H2,21,22,24,26). The lowest BCUT2D eigenvalue weighted by molar-refractivity contribution is 0.0977. The molecule has 1 amide bonds. The Morgan fingerprint density at radius 2 is 2.04 bits per heavy atom. The molecule has 0 heterocycles. The van der Waals surface area contributed by atoms with Crippen LogP contribution in [-0.4, -0.2) is 22.7 Å². The number of thiocarbonyl (C=S) groups is 1. The van der Waals surface area contributed by atoms with Crippen LogP contribution in [-0.2, 0) is 0 Å². The SMILES string of the molecule is CC(C)CCOc1ccc(C(=O)NC(=S)Nc2cccc(O)c2)cc1Br. The predicted molar refractivity (Wildman–Crippen MR) is 111 cm³/mol. The first-order chi connectivity index (χ1) is 12.3. The van der Waals surface area contributed by atoms with Crippen molar-refractivity contribution >= 4 is 44.9 Å². The Bertz CT molecular complexity index is 796. The average molecular weight is 437 g/mol. The van der Waals surface area contributed by atoms with Gasteiger partial charge in [0.15, 0.2) is 5.11 Å². The third kappa shape index (κ3) is 6.31. The molecule has 0 unspecified atom stereocenters. The molecule has 0 saturated heterocycles. The smallest absolute Gasteiger partial charge is 0.257 e. The normalized spacial score (nSPS) is 10.5. The molecule has 26 heavy (non-hydrogen) atoms. The number of nitrogens with one attached hydrogen (secondary N) is 2. The quantitative estimate of drug-likeness (QED) is 0.572. The zero-order chi connectivity index (χ0) is 19.1. The number of hydrogen-bond acceptors (Lipinski definition) is 4. The van der Waals surface area contributed by atoms with Crippen LogP contribution < -0.4 is 15.4 Å².